The van der Waals surface area contributed by atoms with Gasteiger partial charge in [0, 0.05) is 6.54 Å². The van der Waals surface area contributed by atoms with Gasteiger partial charge in [0.2, 0.25) is 6.79 Å². The smallest absolute Gasteiger partial charge is 0.231 e. The van der Waals surface area contributed by atoms with Crippen LogP contribution in [0.15, 0.2) is 18.2 Å². The lowest BCUT2D eigenvalue weighted by Gasteiger charge is -2.05. The third kappa shape index (κ3) is 1.97. The van der Waals surface area contributed by atoms with Crippen LogP contribution in [0.25, 0.3) is 6.08 Å². The zero-order chi connectivity index (χ0) is 10.7. The highest BCUT2D eigenvalue weighted by molar-refractivity contribution is 5.61. The molecule has 1 heterocycles. The summed E-state index contributed by atoms with van der Waals surface area (Å²) in [4.78, 5) is 0. The Labute approximate surface area is 89.5 Å². The van der Waals surface area contributed by atoms with E-state index in [0.29, 0.717) is 13.3 Å². The third-order valence-electron chi connectivity index (χ3n) is 2.45. The molecule has 0 saturated heterocycles. The van der Waals surface area contributed by atoms with E-state index < -0.39 is 0 Å². The van der Waals surface area contributed by atoms with Crippen molar-refractivity contribution < 1.29 is 9.47 Å². The van der Waals surface area contributed by atoms with E-state index in [4.69, 9.17) is 15.2 Å². The molecule has 0 radical (unpaired) electrons. The van der Waals surface area contributed by atoms with Crippen LogP contribution in [0, 0.1) is 0 Å². The van der Waals surface area contributed by atoms with Gasteiger partial charge in [-0.05, 0) is 29.7 Å². The Hall–Kier alpha value is -1.48. The van der Waals surface area contributed by atoms with E-state index >= 15 is 0 Å². The number of hydrogen-bond acceptors (Lipinski definition) is 3. The van der Waals surface area contributed by atoms with E-state index in [1.165, 1.54) is 5.56 Å². The molecular formula is C12H15NO2. The third-order valence-corrected chi connectivity index (χ3v) is 2.45. The Bertz CT molecular complexity index is 385. The molecule has 80 valence electrons. The van der Waals surface area contributed by atoms with E-state index in [-0.39, 0.29) is 0 Å². The van der Waals surface area contributed by atoms with Crippen molar-refractivity contribution in [2.24, 2.45) is 5.73 Å². The zero-order valence-corrected chi connectivity index (χ0v) is 8.82. The van der Waals surface area contributed by atoms with E-state index in [2.05, 4.69) is 6.92 Å². The van der Waals surface area contributed by atoms with E-state index in [1.807, 2.05) is 24.3 Å². The Morgan fingerprint density at radius 3 is 2.73 bits per heavy atom. The fourth-order valence-corrected chi connectivity index (χ4v) is 1.66. The van der Waals surface area contributed by atoms with Gasteiger partial charge in [-0.2, -0.15) is 0 Å². The molecule has 2 N–H and O–H groups in total. The lowest BCUT2D eigenvalue weighted by molar-refractivity contribution is 0.174. The lowest BCUT2D eigenvalue weighted by Crippen LogP contribution is -1.93. The van der Waals surface area contributed by atoms with Crippen LogP contribution in [-0.2, 0) is 6.42 Å². The van der Waals surface area contributed by atoms with Crippen molar-refractivity contribution in [1.29, 1.82) is 0 Å². The SMILES string of the molecule is CCc1cc2c(cc1/C=C/CN)OCO2. The average molecular weight is 205 g/mol. The molecule has 0 unspecified atom stereocenters. The summed E-state index contributed by atoms with van der Waals surface area (Å²) in [5.41, 5.74) is 7.85. The highest BCUT2D eigenvalue weighted by Crippen LogP contribution is 2.35. The number of fused-ring (bicyclic) bond motifs is 1. The molecule has 0 aliphatic carbocycles. The first-order valence-electron chi connectivity index (χ1n) is 5.14. The topological polar surface area (TPSA) is 44.5 Å². The zero-order valence-electron chi connectivity index (χ0n) is 8.82. The monoisotopic (exact) mass is 205 g/mol. The molecule has 3 nitrogen and oxygen atoms in total. The predicted octanol–water partition coefficient (Wildman–Crippen LogP) is 1.95. The van der Waals surface area contributed by atoms with Gasteiger partial charge in [0.15, 0.2) is 11.5 Å². The highest BCUT2D eigenvalue weighted by Gasteiger charge is 2.15. The van der Waals surface area contributed by atoms with Crippen LogP contribution in [-0.4, -0.2) is 13.3 Å². The van der Waals surface area contributed by atoms with Crippen molar-refractivity contribution in [2.45, 2.75) is 13.3 Å². The molecule has 0 amide bonds. The average Bonchev–Trinajstić information content (AvgIpc) is 2.71. The van der Waals surface area contributed by atoms with Gasteiger partial charge in [0.05, 0.1) is 0 Å². The van der Waals surface area contributed by atoms with E-state index in [9.17, 15) is 0 Å². The number of rotatable bonds is 3. The molecule has 3 heteroatoms. The highest BCUT2D eigenvalue weighted by atomic mass is 16.7. The first-order chi connectivity index (χ1) is 7.35. The van der Waals surface area contributed by atoms with Crippen molar-refractivity contribution in [3.63, 3.8) is 0 Å². The quantitative estimate of drug-likeness (QED) is 0.820. The minimum Gasteiger partial charge on any atom is -0.454 e. The minimum absolute atomic E-state index is 0.322. The molecule has 1 aliphatic rings. The summed E-state index contributed by atoms with van der Waals surface area (Å²) in [7, 11) is 0. The van der Waals surface area contributed by atoms with Gasteiger partial charge in [-0.3, -0.25) is 0 Å². The summed E-state index contributed by atoms with van der Waals surface area (Å²) in [6.45, 7) is 3.00. The van der Waals surface area contributed by atoms with Crippen LogP contribution in [0.2, 0.25) is 0 Å². The summed E-state index contributed by atoms with van der Waals surface area (Å²) < 4.78 is 10.7. The Morgan fingerprint density at radius 2 is 2.07 bits per heavy atom. The summed E-state index contributed by atoms with van der Waals surface area (Å²) in [5, 5.41) is 0. The van der Waals surface area contributed by atoms with Gasteiger partial charge >= 0.3 is 0 Å². The molecule has 0 fully saturated rings. The second kappa shape index (κ2) is 4.36. The maximum Gasteiger partial charge on any atom is 0.231 e. The van der Waals surface area contributed by atoms with Crippen LogP contribution in [0.1, 0.15) is 18.1 Å². The van der Waals surface area contributed by atoms with Gasteiger partial charge in [0.1, 0.15) is 0 Å². The van der Waals surface area contributed by atoms with Crippen LogP contribution in [0.4, 0.5) is 0 Å². The van der Waals surface area contributed by atoms with Crippen molar-refractivity contribution in [2.75, 3.05) is 13.3 Å². The van der Waals surface area contributed by atoms with Crippen LogP contribution < -0.4 is 15.2 Å². The van der Waals surface area contributed by atoms with Crippen LogP contribution in [0.5, 0.6) is 11.5 Å². The largest absolute Gasteiger partial charge is 0.454 e. The first kappa shape index (κ1) is 10.1. The number of ether oxygens (including phenoxy) is 2. The summed E-state index contributed by atoms with van der Waals surface area (Å²) in [5.74, 6) is 1.67. The Kier molecular flexibility index (Phi) is 2.92. The summed E-state index contributed by atoms with van der Waals surface area (Å²) >= 11 is 0. The molecule has 0 atom stereocenters. The Balaban J connectivity index is 2.39. The second-order valence-corrected chi connectivity index (χ2v) is 3.40. The van der Waals surface area contributed by atoms with Gasteiger partial charge in [0.25, 0.3) is 0 Å². The summed E-state index contributed by atoms with van der Waals surface area (Å²) in [6.07, 6.45) is 4.94. The van der Waals surface area contributed by atoms with Gasteiger partial charge in [-0.15, -0.1) is 0 Å². The van der Waals surface area contributed by atoms with Crippen LogP contribution >= 0.6 is 0 Å². The molecule has 1 aromatic rings. The fourth-order valence-electron chi connectivity index (χ4n) is 1.66. The molecule has 0 aromatic heterocycles. The van der Waals surface area contributed by atoms with Crippen molar-refractivity contribution in [3.8, 4) is 11.5 Å². The molecule has 1 aromatic carbocycles. The van der Waals surface area contributed by atoms with Gasteiger partial charge in [-0.1, -0.05) is 19.1 Å². The molecular weight excluding hydrogens is 190 g/mol. The maximum atomic E-state index is 5.44. The molecule has 0 bridgehead atoms. The minimum atomic E-state index is 0.322. The number of aryl methyl sites for hydroxylation is 1. The molecule has 2 rings (SSSR count). The van der Waals surface area contributed by atoms with E-state index in [0.717, 1.165) is 23.5 Å². The number of hydrogen-bond donors (Lipinski definition) is 1. The van der Waals surface area contributed by atoms with E-state index in [1.54, 1.807) is 0 Å². The summed E-state index contributed by atoms with van der Waals surface area (Å²) in [6, 6.07) is 4.05. The normalized spacial score (nSPS) is 13.7. The standard InChI is InChI=1S/C12H15NO2/c1-2-9-6-11-12(15-8-14-11)7-10(9)4-3-5-13/h3-4,6-7H,2,5,8,13H2,1H3/b4-3+. The van der Waals surface area contributed by atoms with Crippen molar-refractivity contribution in [1.82, 2.24) is 0 Å². The van der Waals surface area contributed by atoms with Gasteiger partial charge < -0.3 is 15.2 Å². The van der Waals surface area contributed by atoms with Gasteiger partial charge in [-0.25, -0.2) is 0 Å². The number of benzene rings is 1. The van der Waals surface area contributed by atoms with Crippen molar-refractivity contribution in [3.05, 3.63) is 29.3 Å². The maximum absolute atomic E-state index is 5.44. The first-order valence-corrected chi connectivity index (χ1v) is 5.14. The molecule has 0 saturated carbocycles. The molecule has 0 spiro atoms. The molecule has 15 heavy (non-hydrogen) atoms. The lowest BCUT2D eigenvalue weighted by atomic mass is 10.0. The Morgan fingerprint density at radius 1 is 1.33 bits per heavy atom. The second-order valence-electron chi connectivity index (χ2n) is 3.40. The van der Waals surface area contributed by atoms with Crippen LogP contribution in [0.3, 0.4) is 0 Å². The predicted molar refractivity (Wildman–Crippen MR) is 60.0 cm³/mol. The number of nitrogens with two attached hydrogens (primary N) is 1. The molecule has 1 aliphatic heterocycles. The van der Waals surface area contributed by atoms with Crippen molar-refractivity contribution >= 4 is 6.08 Å². The fraction of sp³-hybridized carbons (Fsp3) is 0.333.